The van der Waals surface area contributed by atoms with Crippen LogP contribution in [-0.2, 0) is 4.74 Å². The van der Waals surface area contributed by atoms with Crippen molar-refractivity contribution in [3.05, 3.63) is 0 Å². The Balaban J connectivity index is 0.00000392. The van der Waals surface area contributed by atoms with Crippen LogP contribution in [0.4, 0.5) is 4.79 Å². The fourth-order valence-electron chi connectivity index (χ4n) is 3.85. The second-order valence-corrected chi connectivity index (χ2v) is 8.83. The van der Waals surface area contributed by atoms with Gasteiger partial charge in [0.15, 0.2) is 5.96 Å². The van der Waals surface area contributed by atoms with Crippen molar-refractivity contribution in [2.24, 2.45) is 4.99 Å². The van der Waals surface area contributed by atoms with Crippen LogP contribution in [0.2, 0.25) is 0 Å². The molecule has 1 aliphatic carbocycles. The van der Waals surface area contributed by atoms with Crippen molar-refractivity contribution < 1.29 is 9.53 Å². The summed E-state index contributed by atoms with van der Waals surface area (Å²) in [5.74, 6) is 0.811. The molecular weight excluding hydrogens is 469 g/mol. The number of piperidine rings is 1. The third-order valence-corrected chi connectivity index (χ3v) is 5.34. The Hall–Kier alpha value is -0.770. The molecule has 0 aromatic carbocycles. The minimum atomic E-state index is -0.458. The van der Waals surface area contributed by atoms with Crippen molar-refractivity contribution in [3.63, 3.8) is 0 Å². The average Bonchev–Trinajstić information content (AvgIpc) is 3.14. The number of likely N-dealkylation sites (tertiary alicyclic amines) is 1. The van der Waals surface area contributed by atoms with Crippen molar-refractivity contribution in [1.82, 2.24) is 20.4 Å². The molecular formula is C20H40IN5O2. The number of hydrogen-bond acceptors (Lipinski definition) is 4. The summed E-state index contributed by atoms with van der Waals surface area (Å²) in [7, 11) is 4.01. The Kier molecular flexibility index (Phi) is 10.9. The Bertz CT molecular complexity index is 503. The Morgan fingerprint density at radius 3 is 2.50 bits per heavy atom. The Morgan fingerprint density at radius 2 is 1.89 bits per heavy atom. The van der Waals surface area contributed by atoms with E-state index < -0.39 is 5.60 Å². The van der Waals surface area contributed by atoms with Crippen molar-refractivity contribution in [2.45, 2.75) is 77.0 Å². The van der Waals surface area contributed by atoms with Crippen LogP contribution in [0.1, 0.15) is 59.3 Å². The molecule has 2 N–H and O–H groups in total. The van der Waals surface area contributed by atoms with E-state index in [9.17, 15) is 4.79 Å². The molecule has 1 aliphatic heterocycles. The highest BCUT2D eigenvalue weighted by atomic mass is 127. The van der Waals surface area contributed by atoms with E-state index in [4.69, 9.17) is 4.74 Å². The third-order valence-electron chi connectivity index (χ3n) is 5.34. The highest BCUT2D eigenvalue weighted by Gasteiger charge is 2.28. The van der Waals surface area contributed by atoms with Crippen LogP contribution in [0.15, 0.2) is 4.99 Å². The first kappa shape index (κ1) is 25.3. The monoisotopic (exact) mass is 509 g/mol. The predicted molar refractivity (Wildman–Crippen MR) is 126 cm³/mol. The number of likely N-dealkylation sites (N-methyl/N-ethyl adjacent to an activating group) is 1. The normalized spacial score (nSPS) is 21.4. The van der Waals surface area contributed by atoms with Gasteiger partial charge < -0.3 is 25.2 Å². The van der Waals surface area contributed by atoms with Crippen LogP contribution < -0.4 is 10.6 Å². The van der Waals surface area contributed by atoms with Crippen LogP contribution in [-0.4, -0.2) is 79.8 Å². The SMILES string of the molecule is CN=C(NCCN(C)C1CCCC1)NC1CCCN(C(=O)OC(C)(C)C)C1.I. The summed E-state index contributed by atoms with van der Waals surface area (Å²) < 4.78 is 5.50. The molecule has 0 aromatic rings. The lowest BCUT2D eigenvalue weighted by Gasteiger charge is -2.35. The van der Waals surface area contributed by atoms with E-state index in [0.717, 1.165) is 44.5 Å². The van der Waals surface area contributed by atoms with E-state index in [1.807, 2.05) is 20.8 Å². The first-order valence-electron chi connectivity index (χ1n) is 10.4. The molecule has 2 fully saturated rings. The molecule has 164 valence electrons. The molecule has 1 amide bonds. The van der Waals surface area contributed by atoms with Gasteiger partial charge >= 0.3 is 6.09 Å². The first-order chi connectivity index (χ1) is 12.8. The van der Waals surface area contributed by atoms with Gasteiger partial charge in [-0.1, -0.05) is 12.8 Å². The zero-order valence-corrected chi connectivity index (χ0v) is 20.6. The molecule has 2 rings (SSSR count). The zero-order valence-electron chi connectivity index (χ0n) is 18.3. The molecule has 1 atom stereocenters. The lowest BCUT2D eigenvalue weighted by atomic mass is 10.1. The quantitative estimate of drug-likeness (QED) is 0.339. The molecule has 0 bridgehead atoms. The van der Waals surface area contributed by atoms with E-state index >= 15 is 0 Å². The van der Waals surface area contributed by atoms with Gasteiger partial charge in [0.25, 0.3) is 0 Å². The van der Waals surface area contributed by atoms with Crippen LogP contribution in [0, 0.1) is 0 Å². The molecule has 1 heterocycles. The van der Waals surface area contributed by atoms with Gasteiger partial charge in [-0.15, -0.1) is 24.0 Å². The van der Waals surface area contributed by atoms with Crippen molar-refractivity contribution >= 4 is 36.0 Å². The smallest absolute Gasteiger partial charge is 0.410 e. The van der Waals surface area contributed by atoms with Gasteiger partial charge in [-0.2, -0.15) is 0 Å². The van der Waals surface area contributed by atoms with Gasteiger partial charge in [0.1, 0.15) is 5.60 Å². The van der Waals surface area contributed by atoms with Crippen LogP contribution in [0.3, 0.4) is 0 Å². The molecule has 1 saturated carbocycles. The summed E-state index contributed by atoms with van der Waals surface area (Å²) in [6, 6.07) is 0.938. The topological polar surface area (TPSA) is 69.2 Å². The van der Waals surface area contributed by atoms with Crippen LogP contribution in [0.25, 0.3) is 0 Å². The molecule has 0 radical (unpaired) electrons. The second kappa shape index (κ2) is 12.0. The minimum Gasteiger partial charge on any atom is -0.444 e. The standard InChI is InChI=1S/C20H39N5O2.HI/c1-20(2,3)27-19(26)25-13-8-9-16(15-25)23-18(21-4)22-12-14-24(5)17-10-6-7-11-17;/h16-17H,6-15H2,1-5H3,(H2,21,22,23);1H. The second-order valence-electron chi connectivity index (χ2n) is 8.83. The van der Waals surface area contributed by atoms with E-state index in [-0.39, 0.29) is 36.1 Å². The summed E-state index contributed by atoms with van der Waals surface area (Å²) in [5, 5.41) is 6.88. The van der Waals surface area contributed by atoms with Gasteiger partial charge in [-0.05, 0) is 53.5 Å². The number of carbonyl (C=O) groups is 1. The zero-order chi connectivity index (χ0) is 19.9. The largest absolute Gasteiger partial charge is 0.444 e. The summed E-state index contributed by atoms with van der Waals surface area (Å²) >= 11 is 0. The van der Waals surface area contributed by atoms with Crippen molar-refractivity contribution in [2.75, 3.05) is 40.3 Å². The highest BCUT2D eigenvalue weighted by Crippen LogP contribution is 2.21. The summed E-state index contributed by atoms with van der Waals surface area (Å²) in [4.78, 5) is 20.9. The highest BCUT2D eigenvalue weighted by molar-refractivity contribution is 14.0. The maximum absolute atomic E-state index is 12.3. The molecule has 7 nitrogen and oxygen atoms in total. The molecule has 1 saturated heterocycles. The third kappa shape index (κ3) is 8.71. The lowest BCUT2D eigenvalue weighted by Crippen LogP contribution is -2.53. The number of ether oxygens (including phenoxy) is 1. The van der Waals surface area contributed by atoms with Gasteiger partial charge in [-0.25, -0.2) is 4.79 Å². The van der Waals surface area contributed by atoms with Gasteiger partial charge in [0.2, 0.25) is 0 Å². The summed E-state index contributed by atoms with van der Waals surface area (Å²) in [6.07, 6.45) is 7.15. The van der Waals surface area contributed by atoms with Gasteiger partial charge in [0, 0.05) is 45.3 Å². The van der Waals surface area contributed by atoms with Crippen molar-refractivity contribution in [1.29, 1.82) is 0 Å². The number of rotatable bonds is 5. The Labute approximate surface area is 188 Å². The number of nitrogens with zero attached hydrogens (tertiary/aromatic N) is 3. The fourth-order valence-corrected chi connectivity index (χ4v) is 3.85. The average molecular weight is 509 g/mol. The number of aliphatic imine (C=N–C) groups is 1. The van der Waals surface area contributed by atoms with Crippen LogP contribution >= 0.6 is 24.0 Å². The van der Waals surface area contributed by atoms with E-state index in [1.165, 1.54) is 25.7 Å². The van der Waals surface area contributed by atoms with Gasteiger partial charge in [-0.3, -0.25) is 4.99 Å². The molecule has 8 heteroatoms. The minimum absolute atomic E-state index is 0. The molecule has 0 spiro atoms. The van der Waals surface area contributed by atoms with E-state index in [2.05, 4.69) is 27.6 Å². The number of carbonyl (C=O) groups excluding carboxylic acids is 1. The first-order valence-corrected chi connectivity index (χ1v) is 10.4. The maximum atomic E-state index is 12.3. The fraction of sp³-hybridized carbons (Fsp3) is 0.900. The number of nitrogens with one attached hydrogen (secondary N) is 2. The molecule has 1 unspecified atom stereocenters. The molecule has 0 aromatic heterocycles. The van der Waals surface area contributed by atoms with E-state index in [0.29, 0.717) is 6.54 Å². The summed E-state index contributed by atoms with van der Waals surface area (Å²) in [5.41, 5.74) is -0.458. The lowest BCUT2D eigenvalue weighted by molar-refractivity contribution is 0.0193. The van der Waals surface area contributed by atoms with Crippen molar-refractivity contribution in [3.8, 4) is 0 Å². The number of hydrogen-bond donors (Lipinski definition) is 2. The molecule has 2 aliphatic rings. The molecule has 28 heavy (non-hydrogen) atoms. The predicted octanol–water partition coefficient (Wildman–Crippen LogP) is 3.04. The van der Waals surface area contributed by atoms with E-state index in [1.54, 1.807) is 11.9 Å². The summed E-state index contributed by atoms with van der Waals surface area (Å²) in [6.45, 7) is 8.99. The maximum Gasteiger partial charge on any atom is 0.410 e. The Morgan fingerprint density at radius 1 is 1.21 bits per heavy atom. The number of halogens is 1. The number of amides is 1. The van der Waals surface area contributed by atoms with Crippen LogP contribution in [0.5, 0.6) is 0 Å². The number of guanidine groups is 1. The van der Waals surface area contributed by atoms with Gasteiger partial charge in [0.05, 0.1) is 0 Å².